The molecule has 0 unspecified atom stereocenters. The van der Waals surface area contributed by atoms with Crippen LogP contribution < -0.4 is 15.5 Å². The Hall–Kier alpha value is -1.75. The van der Waals surface area contributed by atoms with E-state index in [1.807, 2.05) is 12.1 Å². The minimum atomic E-state index is -0.122. The Balaban J connectivity index is 1.43. The van der Waals surface area contributed by atoms with Crippen molar-refractivity contribution in [2.45, 2.75) is 52.0 Å². The van der Waals surface area contributed by atoms with Gasteiger partial charge in [0.1, 0.15) is 0 Å². The first-order valence-electron chi connectivity index (χ1n) is 10.3. The minimum absolute atomic E-state index is 0.122. The lowest BCUT2D eigenvalue weighted by Gasteiger charge is -2.39. The number of nitrogens with one attached hydrogen (secondary N) is 2. The number of carbonyl (C=O) groups is 1. The Bertz CT molecular complexity index is 558. The van der Waals surface area contributed by atoms with E-state index < -0.39 is 0 Å². The highest BCUT2D eigenvalue weighted by atomic mass is 16.2. The van der Waals surface area contributed by atoms with E-state index in [4.69, 9.17) is 0 Å². The van der Waals surface area contributed by atoms with E-state index in [1.165, 1.54) is 44.5 Å². The number of anilines is 2. The van der Waals surface area contributed by atoms with E-state index in [1.54, 1.807) is 0 Å². The maximum absolute atomic E-state index is 11.9. The Morgan fingerprint density at radius 3 is 2.35 bits per heavy atom. The summed E-state index contributed by atoms with van der Waals surface area (Å²) < 4.78 is 0. The smallest absolute Gasteiger partial charge is 0.319 e. The maximum Gasteiger partial charge on any atom is 0.319 e. The van der Waals surface area contributed by atoms with Gasteiger partial charge in [-0.3, -0.25) is 4.90 Å². The molecule has 1 aromatic rings. The van der Waals surface area contributed by atoms with Crippen molar-refractivity contribution in [2.24, 2.45) is 5.92 Å². The van der Waals surface area contributed by atoms with Crippen LogP contribution in [0.1, 0.15) is 46.0 Å². The van der Waals surface area contributed by atoms with Crippen LogP contribution in [0, 0.1) is 5.92 Å². The summed E-state index contributed by atoms with van der Waals surface area (Å²) in [5, 5.41) is 5.82. The average Bonchev–Trinajstić information content (AvgIpc) is 3.17. The molecule has 0 radical (unpaired) electrons. The van der Waals surface area contributed by atoms with Crippen molar-refractivity contribution in [3.8, 4) is 0 Å². The fourth-order valence-electron chi connectivity index (χ4n) is 4.02. The molecule has 2 N–H and O–H groups in total. The first-order chi connectivity index (χ1) is 12.6. The molecule has 2 fully saturated rings. The fraction of sp³-hybridized carbons (Fsp3) is 0.667. The van der Waals surface area contributed by atoms with Gasteiger partial charge < -0.3 is 15.5 Å². The molecule has 5 heteroatoms. The molecule has 2 aliphatic rings. The average molecular weight is 359 g/mol. The van der Waals surface area contributed by atoms with Crippen molar-refractivity contribution in [2.75, 3.05) is 42.9 Å². The zero-order chi connectivity index (χ0) is 18.4. The number of piperazine rings is 1. The molecule has 0 aromatic heterocycles. The molecular formula is C21H34N4O. The highest BCUT2D eigenvalue weighted by Crippen LogP contribution is 2.26. The van der Waals surface area contributed by atoms with Crippen LogP contribution in [-0.2, 0) is 0 Å². The van der Waals surface area contributed by atoms with Crippen LogP contribution in [0.5, 0.6) is 0 Å². The summed E-state index contributed by atoms with van der Waals surface area (Å²) in [6.07, 6.45) is 6.59. The van der Waals surface area contributed by atoms with Crippen molar-refractivity contribution in [3.05, 3.63) is 24.3 Å². The Labute approximate surface area is 158 Å². The van der Waals surface area contributed by atoms with Gasteiger partial charge in [-0.25, -0.2) is 4.79 Å². The summed E-state index contributed by atoms with van der Waals surface area (Å²) in [5.41, 5.74) is 2.10. The van der Waals surface area contributed by atoms with Crippen LogP contribution in [0.15, 0.2) is 24.3 Å². The van der Waals surface area contributed by atoms with E-state index in [9.17, 15) is 4.79 Å². The SMILES string of the molecule is CC(C)CCNC(=O)Nc1ccc(N2CCN(C3CCCC3)CC2)cc1. The second kappa shape index (κ2) is 9.26. The number of nitrogens with zero attached hydrogens (tertiary/aromatic N) is 2. The fourth-order valence-corrected chi connectivity index (χ4v) is 4.02. The van der Waals surface area contributed by atoms with Gasteiger partial charge >= 0.3 is 6.03 Å². The molecule has 0 atom stereocenters. The number of benzene rings is 1. The van der Waals surface area contributed by atoms with Gasteiger partial charge in [-0.15, -0.1) is 0 Å². The predicted molar refractivity (Wildman–Crippen MR) is 109 cm³/mol. The number of carbonyl (C=O) groups excluding carboxylic acids is 1. The molecule has 1 saturated heterocycles. The van der Waals surface area contributed by atoms with Gasteiger partial charge in [-0.05, 0) is 49.4 Å². The van der Waals surface area contributed by atoms with Crippen LogP contribution in [-0.4, -0.2) is 49.7 Å². The van der Waals surface area contributed by atoms with Crippen LogP contribution in [0.2, 0.25) is 0 Å². The maximum atomic E-state index is 11.9. The molecule has 1 aliphatic carbocycles. The second-order valence-corrected chi connectivity index (χ2v) is 8.07. The molecule has 0 spiro atoms. The highest BCUT2D eigenvalue weighted by molar-refractivity contribution is 5.89. The molecule has 26 heavy (non-hydrogen) atoms. The lowest BCUT2D eigenvalue weighted by Crippen LogP contribution is -2.49. The Kier molecular flexibility index (Phi) is 6.78. The molecule has 1 aliphatic heterocycles. The number of urea groups is 1. The van der Waals surface area contributed by atoms with Crippen molar-refractivity contribution < 1.29 is 4.79 Å². The quantitative estimate of drug-likeness (QED) is 0.810. The van der Waals surface area contributed by atoms with Gasteiger partial charge in [0.15, 0.2) is 0 Å². The van der Waals surface area contributed by atoms with Crippen LogP contribution in [0.4, 0.5) is 16.2 Å². The van der Waals surface area contributed by atoms with Gasteiger partial charge in [-0.2, -0.15) is 0 Å². The summed E-state index contributed by atoms with van der Waals surface area (Å²) in [7, 11) is 0. The summed E-state index contributed by atoms with van der Waals surface area (Å²) in [5.74, 6) is 0.601. The van der Waals surface area contributed by atoms with Gasteiger partial charge in [0.25, 0.3) is 0 Å². The van der Waals surface area contributed by atoms with E-state index in [0.29, 0.717) is 12.5 Å². The number of amides is 2. The second-order valence-electron chi connectivity index (χ2n) is 8.07. The normalized spacial score (nSPS) is 19.1. The number of hydrogen-bond donors (Lipinski definition) is 2. The first kappa shape index (κ1) is 19.0. The predicted octanol–water partition coefficient (Wildman–Crippen LogP) is 3.92. The molecule has 2 amide bonds. The summed E-state index contributed by atoms with van der Waals surface area (Å²) in [6.45, 7) is 9.56. The first-order valence-corrected chi connectivity index (χ1v) is 10.3. The summed E-state index contributed by atoms with van der Waals surface area (Å²) in [4.78, 5) is 17.0. The number of hydrogen-bond acceptors (Lipinski definition) is 3. The van der Waals surface area contributed by atoms with Crippen molar-refractivity contribution in [1.29, 1.82) is 0 Å². The van der Waals surface area contributed by atoms with Crippen LogP contribution in [0.25, 0.3) is 0 Å². The minimum Gasteiger partial charge on any atom is -0.369 e. The van der Waals surface area contributed by atoms with E-state index in [0.717, 1.165) is 31.2 Å². The monoisotopic (exact) mass is 358 g/mol. The zero-order valence-electron chi connectivity index (χ0n) is 16.3. The van der Waals surface area contributed by atoms with Crippen LogP contribution in [0.3, 0.4) is 0 Å². The van der Waals surface area contributed by atoms with Gasteiger partial charge in [0.05, 0.1) is 0 Å². The largest absolute Gasteiger partial charge is 0.369 e. The van der Waals surface area contributed by atoms with Gasteiger partial charge in [0, 0.05) is 50.1 Å². The van der Waals surface area contributed by atoms with E-state index >= 15 is 0 Å². The molecule has 1 heterocycles. The molecule has 0 bridgehead atoms. The summed E-state index contributed by atoms with van der Waals surface area (Å²) >= 11 is 0. The molecular weight excluding hydrogens is 324 g/mol. The molecule has 3 rings (SSSR count). The molecule has 1 aromatic carbocycles. The Morgan fingerprint density at radius 1 is 1.08 bits per heavy atom. The molecule has 1 saturated carbocycles. The third-order valence-electron chi connectivity index (χ3n) is 5.65. The third kappa shape index (κ3) is 5.37. The van der Waals surface area contributed by atoms with Crippen LogP contribution >= 0.6 is 0 Å². The van der Waals surface area contributed by atoms with E-state index in [-0.39, 0.29) is 6.03 Å². The zero-order valence-corrected chi connectivity index (χ0v) is 16.3. The van der Waals surface area contributed by atoms with Crippen molar-refractivity contribution >= 4 is 17.4 Å². The van der Waals surface area contributed by atoms with E-state index in [2.05, 4.69) is 46.4 Å². The Morgan fingerprint density at radius 2 is 1.73 bits per heavy atom. The number of rotatable bonds is 6. The van der Waals surface area contributed by atoms with Crippen molar-refractivity contribution in [3.63, 3.8) is 0 Å². The summed E-state index contributed by atoms with van der Waals surface area (Å²) in [6, 6.07) is 8.95. The molecule has 144 valence electrons. The molecule has 5 nitrogen and oxygen atoms in total. The third-order valence-corrected chi connectivity index (χ3v) is 5.65. The topological polar surface area (TPSA) is 47.6 Å². The highest BCUT2D eigenvalue weighted by Gasteiger charge is 2.26. The van der Waals surface area contributed by atoms with Gasteiger partial charge in [0.2, 0.25) is 0 Å². The standard InChI is InChI=1S/C21H34N4O/c1-17(2)11-12-22-21(26)23-18-7-9-20(10-8-18)25-15-13-24(14-16-25)19-5-3-4-6-19/h7-10,17,19H,3-6,11-16H2,1-2H3,(H2,22,23,26). The lowest BCUT2D eigenvalue weighted by molar-refractivity contribution is 0.187. The van der Waals surface area contributed by atoms with Gasteiger partial charge in [-0.1, -0.05) is 26.7 Å². The lowest BCUT2D eigenvalue weighted by atomic mass is 10.1. The van der Waals surface area contributed by atoms with Crippen molar-refractivity contribution in [1.82, 2.24) is 10.2 Å².